The fourth-order valence-electron chi connectivity index (χ4n) is 3.23. The van der Waals surface area contributed by atoms with Gasteiger partial charge in [0.25, 0.3) is 0 Å². The minimum absolute atomic E-state index is 0.0762. The van der Waals surface area contributed by atoms with Gasteiger partial charge in [0.1, 0.15) is 5.54 Å². The molecule has 0 aromatic heterocycles. The third-order valence-corrected chi connectivity index (χ3v) is 4.83. The van der Waals surface area contributed by atoms with Crippen LogP contribution in [0.25, 0.3) is 0 Å². The summed E-state index contributed by atoms with van der Waals surface area (Å²) in [6.45, 7) is 4.05. The summed E-state index contributed by atoms with van der Waals surface area (Å²) < 4.78 is 0. The van der Waals surface area contributed by atoms with Crippen LogP contribution in [-0.4, -0.2) is 36.3 Å². The van der Waals surface area contributed by atoms with Gasteiger partial charge < -0.3 is 21.7 Å². The van der Waals surface area contributed by atoms with Gasteiger partial charge in [-0.2, -0.15) is 0 Å². The van der Waals surface area contributed by atoms with Gasteiger partial charge in [0.2, 0.25) is 17.7 Å². The molecular weight excluding hydrogens is 332 g/mol. The fraction of sp³-hybridized carbons (Fsp3) is 0.632. The Morgan fingerprint density at radius 2 is 2.08 bits per heavy atom. The molecule has 3 amide bonds. The average Bonchev–Trinajstić information content (AvgIpc) is 2.54. The van der Waals surface area contributed by atoms with Crippen LogP contribution in [0.5, 0.6) is 0 Å². The summed E-state index contributed by atoms with van der Waals surface area (Å²) in [6, 6.07) is 0. The molecule has 0 bridgehead atoms. The maximum Gasteiger partial charge on any atom is 0.245 e. The van der Waals surface area contributed by atoms with Crippen molar-refractivity contribution in [2.24, 2.45) is 11.7 Å². The maximum atomic E-state index is 12.7. The van der Waals surface area contributed by atoms with E-state index in [0.717, 1.165) is 31.4 Å². The number of nitrogens with two attached hydrogens (primary N) is 1. The molecule has 2 rings (SSSR count). The number of amides is 3. The van der Waals surface area contributed by atoms with Crippen molar-refractivity contribution in [2.45, 2.75) is 57.9 Å². The second kappa shape index (κ2) is 8.87. The van der Waals surface area contributed by atoms with E-state index in [0.29, 0.717) is 6.54 Å². The summed E-state index contributed by atoms with van der Waals surface area (Å²) >= 11 is 0. The highest BCUT2D eigenvalue weighted by molar-refractivity contribution is 5.91. The van der Waals surface area contributed by atoms with E-state index in [4.69, 9.17) is 5.73 Å². The summed E-state index contributed by atoms with van der Waals surface area (Å²) in [5.74, 6) is -1.13. The molecule has 0 spiro atoms. The lowest BCUT2D eigenvalue weighted by atomic mass is 9.88. The van der Waals surface area contributed by atoms with E-state index in [1.165, 1.54) is 12.0 Å². The summed E-state index contributed by atoms with van der Waals surface area (Å²) in [7, 11) is 0. The molecule has 0 radical (unpaired) electrons. The van der Waals surface area contributed by atoms with Crippen LogP contribution in [0.3, 0.4) is 0 Å². The number of hydrogen-bond acceptors (Lipinski definition) is 4. The number of hydrogen-bond donors (Lipinski definition) is 4. The van der Waals surface area contributed by atoms with Crippen molar-refractivity contribution in [1.82, 2.24) is 16.0 Å². The Morgan fingerprint density at radius 3 is 2.81 bits per heavy atom. The van der Waals surface area contributed by atoms with Crippen LogP contribution in [-0.2, 0) is 14.4 Å². The zero-order valence-electron chi connectivity index (χ0n) is 15.7. The standard InChI is InChI=1S/C19H30N4O3/c1-19(2,18(26)21-10-9-16(20)24)23-17(25)14-11-13-7-5-3-4-6-8-15(13)22-12-14/h6,8,14,22H,3-5,7,9-12H2,1-2H3,(H2,20,24)(H,21,26)(H,23,25)/b8-6-. The molecule has 26 heavy (non-hydrogen) atoms. The maximum absolute atomic E-state index is 12.7. The van der Waals surface area contributed by atoms with Crippen molar-refractivity contribution in [1.29, 1.82) is 0 Å². The van der Waals surface area contributed by atoms with Crippen molar-refractivity contribution in [2.75, 3.05) is 13.1 Å². The lowest BCUT2D eigenvalue weighted by Gasteiger charge is -2.31. The molecule has 7 heteroatoms. The molecule has 0 fully saturated rings. The van der Waals surface area contributed by atoms with Crippen LogP contribution < -0.4 is 21.7 Å². The molecule has 0 saturated heterocycles. The van der Waals surface area contributed by atoms with Gasteiger partial charge in [0.15, 0.2) is 0 Å². The normalized spacial score (nSPS) is 21.5. The van der Waals surface area contributed by atoms with Gasteiger partial charge in [-0.15, -0.1) is 0 Å². The largest absolute Gasteiger partial charge is 0.384 e. The van der Waals surface area contributed by atoms with Crippen molar-refractivity contribution in [3.8, 4) is 0 Å². The summed E-state index contributed by atoms with van der Waals surface area (Å²) in [4.78, 5) is 35.7. The molecule has 1 heterocycles. The monoisotopic (exact) mass is 362 g/mol. The van der Waals surface area contributed by atoms with Gasteiger partial charge in [-0.1, -0.05) is 6.08 Å². The second-order valence-electron chi connectivity index (χ2n) is 7.53. The topological polar surface area (TPSA) is 113 Å². The minimum Gasteiger partial charge on any atom is -0.384 e. The predicted molar refractivity (Wildman–Crippen MR) is 99.8 cm³/mol. The zero-order valence-corrected chi connectivity index (χ0v) is 15.7. The third kappa shape index (κ3) is 5.61. The lowest BCUT2D eigenvalue weighted by Crippen LogP contribution is -2.57. The van der Waals surface area contributed by atoms with E-state index in [-0.39, 0.29) is 30.7 Å². The second-order valence-corrected chi connectivity index (χ2v) is 7.53. The summed E-state index contributed by atoms with van der Waals surface area (Å²) in [5, 5.41) is 8.84. The van der Waals surface area contributed by atoms with Gasteiger partial charge in [0, 0.05) is 25.2 Å². The number of allylic oxidation sites excluding steroid dienone is 3. The van der Waals surface area contributed by atoms with Crippen LogP contribution in [0, 0.1) is 5.92 Å². The Bertz CT molecular complexity index is 622. The van der Waals surface area contributed by atoms with Crippen LogP contribution >= 0.6 is 0 Å². The fourth-order valence-corrected chi connectivity index (χ4v) is 3.23. The average molecular weight is 362 g/mol. The van der Waals surface area contributed by atoms with Gasteiger partial charge in [0.05, 0.1) is 5.92 Å². The molecule has 144 valence electrons. The zero-order chi connectivity index (χ0) is 19.2. The number of carbonyl (C=O) groups excluding carboxylic acids is 3. The van der Waals surface area contributed by atoms with E-state index < -0.39 is 11.4 Å². The number of rotatable bonds is 6. The Labute approximate surface area is 154 Å². The molecule has 1 unspecified atom stereocenters. The van der Waals surface area contributed by atoms with Crippen LogP contribution in [0.1, 0.15) is 52.4 Å². The predicted octanol–water partition coefficient (Wildman–Crippen LogP) is 0.867. The van der Waals surface area contributed by atoms with Crippen molar-refractivity contribution < 1.29 is 14.4 Å². The van der Waals surface area contributed by atoms with E-state index >= 15 is 0 Å². The first-order valence-corrected chi connectivity index (χ1v) is 9.30. The molecule has 0 aromatic carbocycles. The molecule has 5 N–H and O–H groups in total. The SMILES string of the molecule is CC(C)(NC(=O)C1CNC2=C(CCCC/C=C\2)C1)C(=O)NCCC(N)=O. The number of primary amides is 1. The van der Waals surface area contributed by atoms with E-state index in [1.807, 2.05) is 0 Å². The first-order valence-electron chi connectivity index (χ1n) is 9.30. The smallest absolute Gasteiger partial charge is 0.245 e. The Morgan fingerprint density at radius 1 is 1.31 bits per heavy atom. The van der Waals surface area contributed by atoms with Crippen LogP contribution in [0.4, 0.5) is 0 Å². The molecule has 1 atom stereocenters. The Kier molecular flexibility index (Phi) is 6.83. The molecular formula is C19H30N4O3. The summed E-state index contributed by atoms with van der Waals surface area (Å²) in [5.41, 5.74) is 6.45. The molecule has 0 aromatic rings. The van der Waals surface area contributed by atoms with E-state index in [1.54, 1.807) is 13.8 Å². The van der Waals surface area contributed by atoms with Crippen LogP contribution in [0.15, 0.2) is 23.4 Å². The van der Waals surface area contributed by atoms with Gasteiger partial charge in [-0.25, -0.2) is 0 Å². The highest BCUT2D eigenvalue weighted by atomic mass is 16.2. The molecule has 1 aliphatic carbocycles. The first kappa shape index (κ1) is 20.0. The lowest BCUT2D eigenvalue weighted by molar-refractivity contribution is -0.134. The van der Waals surface area contributed by atoms with Crippen molar-refractivity contribution in [3.05, 3.63) is 23.4 Å². The summed E-state index contributed by atoms with van der Waals surface area (Å²) in [6.07, 6.45) is 9.51. The first-order chi connectivity index (χ1) is 12.3. The molecule has 0 saturated carbocycles. The number of carbonyl (C=O) groups is 3. The van der Waals surface area contributed by atoms with Crippen molar-refractivity contribution in [3.63, 3.8) is 0 Å². The third-order valence-electron chi connectivity index (χ3n) is 4.83. The van der Waals surface area contributed by atoms with Gasteiger partial charge >= 0.3 is 0 Å². The molecule has 7 nitrogen and oxygen atoms in total. The Hall–Kier alpha value is -2.31. The number of nitrogens with one attached hydrogen (secondary N) is 3. The van der Waals surface area contributed by atoms with E-state index in [2.05, 4.69) is 28.1 Å². The highest BCUT2D eigenvalue weighted by Crippen LogP contribution is 2.27. The van der Waals surface area contributed by atoms with Gasteiger partial charge in [-0.3, -0.25) is 14.4 Å². The highest BCUT2D eigenvalue weighted by Gasteiger charge is 2.33. The molecule has 2 aliphatic rings. The van der Waals surface area contributed by atoms with Crippen LogP contribution in [0.2, 0.25) is 0 Å². The van der Waals surface area contributed by atoms with Gasteiger partial charge in [-0.05, 0) is 57.6 Å². The Balaban J connectivity index is 1.92. The van der Waals surface area contributed by atoms with Crippen molar-refractivity contribution >= 4 is 17.7 Å². The van der Waals surface area contributed by atoms with E-state index in [9.17, 15) is 14.4 Å². The quantitative estimate of drug-likeness (QED) is 0.561. The molecule has 1 aliphatic heterocycles. The minimum atomic E-state index is -1.05.